The molecule has 0 bridgehead atoms. The van der Waals surface area contributed by atoms with Crippen molar-refractivity contribution in [2.45, 2.75) is 72.5 Å². The average Bonchev–Trinajstić information content (AvgIpc) is 3.33. The van der Waals surface area contributed by atoms with Gasteiger partial charge < -0.3 is 4.42 Å². The predicted molar refractivity (Wildman–Crippen MR) is 166 cm³/mol. The molecule has 2 heteroatoms. The summed E-state index contributed by atoms with van der Waals surface area (Å²) in [6.07, 6.45) is -0.606. The predicted octanol–water partition coefficient (Wildman–Crippen LogP) is 10.4. The lowest BCUT2D eigenvalue weighted by Crippen LogP contribution is -2.42. The molecule has 0 radical (unpaired) electrons. The zero-order chi connectivity index (χ0) is 31.8. The summed E-state index contributed by atoms with van der Waals surface area (Å²) < 4.78 is 49.1. The van der Waals surface area contributed by atoms with Gasteiger partial charge in [0.1, 0.15) is 11.2 Å². The Balaban J connectivity index is 1.57. The molecular weight excluding hydrogens is 474 g/mol. The highest BCUT2D eigenvalue weighted by molar-refractivity contribution is 6.24. The Morgan fingerprint density at radius 3 is 2.36 bits per heavy atom. The molecule has 0 saturated heterocycles. The molecule has 0 atom stereocenters. The maximum Gasteiger partial charge on any atom is 0.144 e. The Labute approximate surface area is 238 Å². The van der Waals surface area contributed by atoms with Crippen LogP contribution in [0.15, 0.2) is 71.3 Å². The second kappa shape index (κ2) is 7.72. The van der Waals surface area contributed by atoms with Gasteiger partial charge in [0.05, 0.1) is 5.69 Å². The van der Waals surface area contributed by atoms with Gasteiger partial charge in [-0.2, -0.15) is 0 Å². The summed E-state index contributed by atoms with van der Waals surface area (Å²) in [7, 11) is 0. The Morgan fingerprint density at radius 2 is 1.59 bits per heavy atom. The van der Waals surface area contributed by atoms with Crippen LogP contribution in [0.2, 0.25) is 0 Å². The number of furan rings is 1. The van der Waals surface area contributed by atoms with E-state index in [4.69, 9.17) is 11.3 Å². The Morgan fingerprint density at radius 1 is 0.821 bits per heavy atom. The zero-order valence-corrected chi connectivity index (χ0v) is 23.7. The molecule has 2 aromatic heterocycles. The van der Waals surface area contributed by atoms with E-state index in [9.17, 15) is 0 Å². The average molecular weight is 517 g/mol. The van der Waals surface area contributed by atoms with Crippen LogP contribution >= 0.6 is 0 Å². The summed E-state index contributed by atoms with van der Waals surface area (Å²) in [5.41, 5.74) is 4.22. The maximum atomic E-state index is 8.99. The van der Waals surface area contributed by atoms with Gasteiger partial charge in [-0.05, 0) is 92.1 Å². The first-order chi connectivity index (χ1) is 20.4. The molecule has 1 aliphatic rings. The first-order valence-electron chi connectivity index (χ1n) is 16.2. The molecule has 0 aliphatic heterocycles. The topological polar surface area (TPSA) is 26.0 Å². The quantitative estimate of drug-likeness (QED) is 0.214. The molecule has 0 spiro atoms. The van der Waals surface area contributed by atoms with Crippen LogP contribution in [0.5, 0.6) is 0 Å². The fraction of sp³-hybridized carbons (Fsp3) is 0.324. The van der Waals surface area contributed by atoms with Crippen molar-refractivity contribution in [1.82, 2.24) is 4.98 Å². The zero-order valence-electron chi connectivity index (χ0n) is 28.7. The van der Waals surface area contributed by atoms with Crippen molar-refractivity contribution in [1.29, 1.82) is 0 Å². The standard InChI is InChI=1S/C37H37NO/c1-21-20-38-30(17-23(21)19-35(2,3)4)25-13-10-12-24-27-18-29-32-26(34(27)39-33(24)25)16-15-22-11-9-14-28(31(22)32)36(5,6)37(29,7)8/h9-18,20H,19H2,1-8H3/i1D3,19D2. The third-order valence-electron chi connectivity index (χ3n) is 9.20. The van der Waals surface area contributed by atoms with Gasteiger partial charge in [0.15, 0.2) is 0 Å². The lowest BCUT2D eigenvalue weighted by atomic mass is 9.56. The molecule has 0 saturated carbocycles. The van der Waals surface area contributed by atoms with Crippen LogP contribution in [0, 0.1) is 12.3 Å². The van der Waals surface area contributed by atoms with Gasteiger partial charge in [-0.25, -0.2) is 0 Å². The number of aromatic nitrogens is 1. The first kappa shape index (κ1) is 19.4. The Hall–Kier alpha value is -3.65. The minimum atomic E-state index is -2.51. The summed E-state index contributed by atoms with van der Waals surface area (Å²) in [5.74, 6) is 0. The van der Waals surface area contributed by atoms with Gasteiger partial charge >= 0.3 is 0 Å². The van der Waals surface area contributed by atoms with Crippen LogP contribution in [0.4, 0.5) is 0 Å². The largest absolute Gasteiger partial charge is 0.455 e. The highest BCUT2D eigenvalue weighted by atomic mass is 16.3. The van der Waals surface area contributed by atoms with Crippen LogP contribution in [0.3, 0.4) is 0 Å². The van der Waals surface area contributed by atoms with E-state index in [1.807, 2.05) is 12.1 Å². The molecule has 0 unspecified atom stereocenters. The van der Waals surface area contributed by atoms with Crippen LogP contribution in [-0.2, 0) is 17.2 Å². The molecule has 196 valence electrons. The molecule has 6 aromatic rings. The van der Waals surface area contributed by atoms with Crippen molar-refractivity contribution in [3.05, 3.63) is 89.1 Å². The van der Waals surface area contributed by atoms with E-state index in [0.29, 0.717) is 16.8 Å². The second-order valence-electron chi connectivity index (χ2n) is 13.2. The van der Waals surface area contributed by atoms with E-state index < -0.39 is 18.6 Å². The summed E-state index contributed by atoms with van der Waals surface area (Å²) in [5, 5.41) is 6.77. The summed E-state index contributed by atoms with van der Waals surface area (Å²) in [6.45, 7) is 12.2. The molecule has 2 heterocycles. The van der Waals surface area contributed by atoms with Crippen molar-refractivity contribution in [3.8, 4) is 11.3 Å². The van der Waals surface area contributed by atoms with Crippen molar-refractivity contribution >= 4 is 43.5 Å². The Kier molecular flexibility index (Phi) is 3.84. The number of nitrogens with zero attached hydrogens (tertiary/aromatic N) is 1. The van der Waals surface area contributed by atoms with Crippen molar-refractivity contribution in [2.24, 2.45) is 5.41 Å². The molecule has 4 aromatic carbocycles. The number of pyridine rings is 1. The van der Waals surface area contributed by atoms with Gasteiger partial charge in [-0.3, -0.25) is 4.98 Å². The highest BCUT2D eigenvalue weighted by Gasteiger charge is 2.45. The van der Waals surface area contributed by atoms with Crippen LogP contribution in [0.25, 0.3) is 54.7 Å². The summed E-state index contributed by atoms with van der Waals surface area (Å²) in [6, 6.07) is 20.8. The summed E-state index contributed by atoms with van der Waals surface area (Å²) >= 11 is 0. The SMILES string of the molecule is [2H]C([2H])([2H])c1cnc(-c2cccc3c2oc2c3cc3c4c2ccc2cccc(c24)C(C)(C)C3(C)C)cc1C([2H])([2H])C(C)(C)C. The van der Waals surface area contributed by atoms with E-state index >= 15 is 0 Å². The molecule has 0 fully saturated rings. The Bertz CT molecular complexity index is 2180. The molecule has 39 heavy (non-hydrogen) atoms. The third-order valence-corrected chi connectivity index (χ3v) is 9.20. The van der Waals surface area contributed by atoms with E-state index in [1.54, 1.807) is 26.8 Å². The third kappa shape index (κ3) is 3.30. The fourth-order valence-corrected chi connectivity index (χ4v) is 6.55. The highest BCUT2D eigenvalue weighted by Crippen LogP contribution is 2.55. The molecule has 1 aliphatic carbocycles. The van der Waals surface area contributed by atoms with Crippen LogP contribution < -0.4 is 0 Å². The summed E-state index contributed by atoms with van der Waals surface area (Å²) in [4.78, 5) is 4.59. The van der Waals surface area contributed by atoms with Gasteiger partial charge in [-0.1, -0.05) is 84.9 Å². The van der Waals surface area contributed by atoms with E-state index in [-0.39, 0.29) is 22.0 Å². The lowest BCUT2D eigenvalue weighted by Gasteiger charge is -2.47. The maximum absolute atomic E-state index is 8.99. The van der Waals surface area contributed by atoms with Gasteiger partial charge in [0.25, 0.3) is 0 Å². The molecule has 7 rings (SSSR count). The lowest BCUT2D eigenvalue weighted by molar-refractivity contribution is 0.304. The molecular formula is C37H37NO. The number of fused-ring (bicyclic) bond motifs is 4. The number of aryl methyl sites for hydroxylation is 1. The van der Waals surface area contributed by atoms with Gasteiger partial charge in [0, 0.05) is 34.8 Å². The number of rotatable bonds is 2. The normalized spacial score (nSPS) is 18.8. The fourth-order valence-electron chi connectivity index (χ4n) is 6.55. The van der Waals surface area contributed by atoms with Crippen LogP contribution in [-0.4, -0.2) is 4.98 Å². The van der Waals surface area contributed by atoms with Crippen molar-refractivity contribution in [2.75, 3.05) is 0 Å². The van der Waals surface area contributed by atoms with E-state index in [2.05, 4.69) is 75.1 Å². The van der Waals surface area contributed by atoms with Crippen LogP contribution in [0.1, 0.15) is 77.6 Å². The van der Waals surface area contributed by atoms with Gasteiger partial charge in [0.2, 0.25) is 0 Å². The van der Waals surface area contributed by atoms with Crippen molar-refractivity contribution < 1.29 is 11.3 Å². The van der Waals surface area contributed by atoms with E-state index in [0.717, 1.165) is 21.7 Å². The monoisotopic (exact) mass is 516 g/mol. The minimum Gasteiger partial charge on any atom is -0.455 e. The molecule has 2 nitrogen and oxygen atoms in total. The molecule has 0 amide bonds. The second-order valence-corrected chi connectivity index (χ2v) is 13.2. The smallest absolute Gasteiger partial charge is 0.144 e. The number of hydrogen-bond donors (Lipinski definition) is 0. The van der Waals surface area contributed by atoms with Gasteiger partial charge in [-0.15, -0.1) is 0 Å². The number of para-hydroxylation sites is 1. The number of hydrogen-bond acceptors (Lipinski definition) is 2. The molecule has 0 N–H and O–H groups in total. The first-order valence-corrected chi connectivity index (χ1v) is 13.7. The minimum absolute atomic E-state index is 0.0699. The van der Waals surface area contributed by atoms with E-state index in [1.165, 1.54) is 33.5 Å². The number of benzene rings is 4. The van der Waals surface area contributed by atoms with Crippen molar-refractivity contribution in [3.63, 3.8) is 0 Å².